The molecule has 0 heterocycles. The largest absolute Gasteiger partial charge is 0.444 e. The SMILES string of the molecule is CCCC(C)C(C)CCNC(=O)[C@H](CCc1ccccc1)NC(=O)OC(C)(C)C. The van der Waals surface area contributed by atoms with Gasteiger partial charge in [-0.25, -0.2) is 4.79 Å². The number of carbonyl (C=O) groups is 2. The number of carbonyl (C=O) groups excluding carboxylic acids is 2. The van der Waals surface area contributed by atoms with Gasteiger partial charge in [-0.2, -0.15) is 0 Å². The zero-order chi connectivity index (χ0) is 21.9. The van der Waals surface area contributed by atoms with Crippen LogP contribution in [0.25, 0.3) is 0 Å². The van der Waals surface area contributed by atoms with E-state index >= 15 is 0 Å². The third kappa shape index (κ3) is 10.9. The fraction of sp³-hybridized carbons (Fsp3) is 0.667. The van der Waals surface area contributed by atoms with Crippen LogP contribution in [0.5, 0.6) is 0 Å². The maximum Gasteiger partial charge on any atom is 0.408 e. The van der Waals surface area contributed by atoms with Gasteiger partial charge in [0, 0.05) is 6.54 Å². The van der Waals surface area contributed by atoms with Crippen LogP contribution < -0.4 is 10.6 Å². The van der Waals surface area contributed by atoms with Crippen molar-refractivity contribution in [3.05, 3.63) is 35.9 Å². The van der Waals surface area contributed by atoms with Gasteiger partial charge in [-0.15, -0.1) is 0 Å². The first-order valence-corrected chi connectivity index (χ1v) is 10.9. The molecule has 0 bridgehead atoms. The second kappa shape index (κ2) is 12.5. The van der Waals surface area contributed by atoms with Crippen LogP contribution in [0, 0.1) is 11.8 Å². The molecule has 5 heteroatoms. The van der Waals surface area contributed by atoms with Gasteiger partial charge in [0.2, 0.25) is 5.91 Å². The normalized spacial score (nSPS) is 14.6. The number of rotatable bonds is 11. The summed E-state index contributed by atoms with van der Waals surface area (Å²) in [6.45, 7) is 12.7. The summed E-state index contributed by atoms with van der Waals surface area (Å²) in [5.74, 6) is 1.05. The molecule has 0 spiro atoms. The third-order valence-corrected chi connectivity index (χ3v) is 5.19. The Labute approximate surface area is 177 Å². The number of hydrogen-bond acceptors (Lipinski definition) is 3. The van der Waals surface area contributed by atoms with Crippen LogP contribution in [-0.4, -0.2) is 30.2 Å². The van der Waals surface area contributed by atoms with E-state index in [9.17, 15) is 9.59 Å². The van der Waals surface area contributed by atoms with Crippen molar-refractivity contribution < 1.29 is 14.3 Å². The molecule has 0 aliphatic heterocycles. The van der Waals surface area contributed by atoms with Crippen molar-refractivity contribution in [3.63, 3.8) is 0 Å². The van der Waals surface area contributed by atoms with E-state index < -0.39 is 17.7 Å². The molecule has 0 aromatic heterocycles. The van der Waals surface area contributed by atoms with E-state index in [-0.39, 0.29) is 5.91 Å². The van der Waals surface area contributed by atoms with Crippen LogP contribution in [0.3, 0.4) is 0 Å². The topological polar surface area (TPSA) is 67.4 Å². The molecule has 0 aliphatic rings. The molecule has 1 aromatic carbocycles. The summed E-state index contributed by atoms with van der Waals surface area (Å²) >= 11 is 0. The Morgan fingerprint density at radius 2 is 1.62 bits per heavy atom. The van der Waals surface area contributed by atoms with Crippen LogP contribution in [-0.2, 0) is 16.0 Å². The van der Waals surface area contributed by atoms with E-state index in [0.717, 1.165) is 12.0 Å². The lowest BCUT2D eigenvalue weighted by Gasteiger charge is -2.24. The van der Waals surface area contributed by atoms with E-state index in [1.54, 1.807) is 0 Å². The number of benzene rings is 1. The van der Waals surface area contributed by atoms with Crippen LogP contribution >= 0.6 is 0 Å². The van der Waals surface area contributed by atoms with Gasteiger partial charge in [0.05, 0.1) is 0 Å². The fourth-order valence-electron chi connectivity index (χ4n) is 3.24. The second-order valence-electron chi connectivity index (χ2n) is 9.05. The molecular weight excluding hydrogens is 364 g/mol. The minimum atomic E-state index is -0.617. The Hall–Kier alpha value is -2.04. The molecule has 1 aromatic rings. The second-order valence-corrected chi connectivity index (χ2v) is 9.05. The maximum atomic E-state index is 12.8. The first kappa shape index (κ1) is 25.0. The molecular formula is C24H40N2O3. The number of hydrogen-bond donors (Lipinski definition) is 2. The highest BCUT2D eigenvalue weighted by molar-refractivity contribution is 5.85. The van der Waals surface area contributed by atoms with E-state index in [1.165, 1.54) is 12.8 Å². The standard InChI is InChI=1S/C24H40N2O3/c1-7-11-18(2)19(3)16-17-25-22(27)21(26-23(28)29-24(4,5)6)15-14-20-12-9-8-10-13-20/h8-10,12-13,18-19,21H,7,11,14-17H2,1-6H3,(H,25,27)(H,26,28)/t18?,19?,21-/m0/s1. The Morgan fingerprint density at radius 1 is 1.00 bits per heavy atom. The Kier molecular flexibility index (Phi) is 10.8. The molecule has 0 saturated heterocycles. The Bertz CT molecular complexity index is 610. The molecule has 0 fully saturated rings. The van der Waals surface area contributed by atoms with Gasteiger partial charge in [0.15, 0.2) is 0 Å². The molecule has 5 nitrogen and oxygen atoms in total. The predicted octanol–water partition coefficient (Wildman–Crippen LogP) is 5.09. The van der Waals surface area contributed by atoms with Gasteiger partial charge in [-0.3, -0.25) is 4.79 Å². The summed E-state index contributed by atoms with van der Waals surface area (Å²) < 4.78 is 5.34. The summed E-state index contributed by atoms with van der Waals surface area (Å²) in [7, 11) is 0. The monoisotopic (exact) mass is 404 g/mol. The summed E-state index contributed by atoms with van der Waals surface area (Å²) in [5.41, 5.74) is 0.536. The smallest absolute Gasteiger partial charge is 0.408 e. The minimum absolute atomic E-state index is 0.151. The van der Waals surface area contributed by atoms with E-state index in [2.05, 4.69) is 31.4 Å². The van der Waals surface area contributed by atoms with Gasteiger partial charge in [-0.1, -0.05) is 63.9 Å². The predicted molar refractivity (Wildman–Crippen MR) is 119 cm³/mol. The van der Waals surface area contributed by atoms with Crippen LogP contribution in [0.2, 0.25) is 0 Å². The van der Waals surface area contributed by atoms with E-state index in [0.29, 0.717) is 31.2 Å². The van der Waals surface area contributed by atoms with Crippen molar-refractivity contribution in [1.29, 1.82) is 0 Å². The Morgan fingerprint density at radius 3 is 2.21 bits per heavy atom. The molecule has 2 unspecified atom stereocenters. The summed E-state index contributed by atoms with van der Waals surface area (Å²) in [5, 5.41) is 5.76. The molecule has 0 aliphatic carbocycles. The van der Waals surface area contributed by atoms with Gasteiger partial charge >= 0.3 is 6.09 Å². The van der Waals surface area contributed by atoms with E-state index in [4.69, 9.17) is 4.74 Å². The number of aryl methyl sites for hydroxylation is 1. The summed E-state index contributed by atoms with van der Waals surface area (Å²) in [4.78, 5) is 25.0. The Balaban J connectivity index is 2.63. The highest BCUT2D eigenvalue weighted by atomic mass is 16.6. The van der Waals surface area contributed by atoms with Crippen molar-refractivity contribution in [2.45, 2.75) is 85.3 Å². The van der Waals surface area contributed by atoms with Crippen molar-refractivity contribution in [2.24, 2.45) is 11.8 Å². The maximum absolute atomic E-state index is 12.8. The van der Waals surface area contributed by atoms with Gasteiger partial charge < -0.3 is 15.4 Å². The number of nitrogens with one attached hydrogen (secondary N) is 2. The molecule has 3 atom stereocenters. The average molecular weight is 405 g/mol. The van der Waals surface area contributed by atoms with E-state index in [1.807, 2.05) is 51.1 Å². The quantitative estimate of drug-likeness (QED) is 0.540. The molecule has 0 radical (unpaired) electrons. The number of ether oxygens (including phenoxy) is 1. The molecule has 2 amide bonds. The fourth-order valence-corrected chi connectivity index (χ4v) is 3.24. The average Bonchev–Trinajstić information content (AvgIpc) is 2.64. The molecule has 164 valence electrons. The number of alkyl carbamates (subject to hydrolysis) is 1. The first-order chi connectivity index (χ1) is 13.6. The van der Waals surface area contributed by atoms with Crippen LogP contribution in [0.15, 0.2) is 30.3 Å². The molecule has 0 saturated carbocycles. The highest BCUT2D eigenvalue weighted by Gasteiger charge is 2.24. The zero-order valence-corrected chi connectivity index (χ0v) is 19.1. The lowest BCUT2D eigenvalue weighted by atomic mass is 9.89. The van der Waals surface area contributed by atoms with Crippen molar-refractivity contribution in [1.82, 2.24) is 10.6 Å². The number of amides is 2. The molecule has 1 rings (SSSR count). The lowest BCUT2D eigenvalue weighted by molar-refractivity contribution is -0.123. The van der Waals surface area contributed by atoms with Gasteiger partial charge in [0.25, 0.3) is 0 Å². The first-order valence-electron chi connectivity index (χ1n) is 10.9. The lowest BCUT2D eigenvalue weighted by Crippen LogP contribution is -2.48. The minimum Gasteiger partial charge on any atom is -0.444 e. The third-order valence-electron chi connectivity index (χ3n) is 5.19. The van der Waals surface area contributed by atoms with Crippen molar-refractivity contribution in [3.8, 4) is 0 Å². The zero-order valence-electron chi connectivity index (χ0n) is 19.1. The van der Waals surface area contributed by atoms with Crippen molar-refractivity contribution >= 4 is 12.0 Å². The van der Waals surface area contributed by atoms with Gasteiger partial charge in [-0.05, 0) is 57.4 Å². The van der Waals surface area contributed by atoms with Crippen molar-refractivity contribution in [2.75, 3.05) is 6.54 Å². The summed E-state index contributed by atoms with van der Waals surface area (Å²) in [6, 6.07) is 9.36. The van der Waals surface area contributed by atoms with Crippen LogP contribution in [0.1, 0.15) is 72.8 Å². The van der Waals surface area contributed by atoms with Gasteiger partial charge in [0.1, 0.15) is 11.6 Å². The van der Waals surface area contributed by atoms with Crippen LogP contribution in [0.4, 0.5) is 4.79 Å². The highest BCUT2D eigenvalue weighted by Crippen LogP contribution is 2.19. The summed E-state index contributed by atoms with van der Waals surface area (Å²) in [6.07, 6.45) is 3.99. The molecule has 29 heavy (non-hydrogen) atoms. The molecule has 2 N–H and O–H groups in total.